The quantitative estimate of drug-likeness (QED) is 0.0894. The molecule has 0 saturated heterocycles. The molecule has 284 valence electrons. The van der Waals surface area contributed by atoms with E-state index in [0.717, 1.165) is 24.8 Å². The fourth-order valence-corrected chi connectivity index (χ4v) is 10.1. The van der Waals surface area contributed by atoms with Crippen molar-refractivity contribution in [3.8, 4) is 0 Å². The van der Waals surface area contributed by atoms with Crippen LogP contribution in [0.15, 0.2) is 23.5 Å². The van der Waals surface area contributed by atoms with Gasteiger partial charge in [-0.1, -0.05) is 109 Å². The summed E-state index contributed by atoms with van der Waals surface area (Å²) >= 11 is 0. The van der Waals surface area contributed by atoms with Crippen molar-refractivity contribution >= 4 is 23.5 Å². The zero-order valence-corrected chi connectivity index (χ0v) is 34.0. The van der Waals surface area contributed by atoms with Crippen LogP contribution in [0.4, 0.5) is 0 Å². The summed E-state index contributed by atoms with van der Waals surface area (Å²) in [7, 11) is 0. The predicted octanol–water partition coefficient (Wildman–Crippen LogP) is 4.35. The number of ether oxygens (including phenoxy) is 2. The van der Waals surface area contributed by atoms with E-state index in [-0.39, 0.29) is 73.6 Å². The maximum atomic E-state index is 13.6. The summed E-state index contributed by atoms with van der Waals surface area (Å²) < 4.78 is 10.9. The molecule has 0 aliphatic heterocycles. The van der Waals surface area contributed by atoms with Gasteiger partial charge in [-0.05, 0) is 63.4 Å². The summed E-state index contributed by atoms with van der Waals surface area (Å²) in [5, 5.41) is 33.1. The summed E-state index contributed by atoms with van der Waals surface area (Å²) in [4.78, 5) is 50.8. The average Bonchev–Trinajstić information content (AvgIpc) is 3.36. The minimum Gasteiger partial charge on any atom is -1.00 e. The van der Waals surface area contributed by atoms with E-state index in [1.807, 2.05) is 13.8 Å². The van der Waals surface area contributed by atoms with E-state index in [1.54, 1.807) is 6.08 Å². The summed E-state index contributed by atoms with van der Waals surface area (Å²) in [6.07, 6.45) is 22.8. The number of rotatable bonds is 21. The van der Waals surface area contributed by atoms with Gasteiger partial charge in [0.1, 0.15) is 18.0 Å². The van der Waals surface area contributed by atoms with Gasteiger partial charge < -0.3 is 26.2 Å². The Balaban J connectivity index is 0.00000468. The second kappa shape index (κ2) is 20.4. The second-order valence-corrected chi connectivity index (χ2v) is 16.1. The molecule has 7 atom stereocenters. The number of hydrogen-bond acceptors (Lipinski definition) is 9. The van der Waals surface area contributed by atoms with Crippen molar-refractivity contribution in [1.29, 1.82) is 0 Å². The van der Waals surface area contributed by atoms with E-state index in [2.05, 4.69) is 6.92 Å². The Kier molecular flexibility index (Phi) is 17.6. The van der Waals surface area contributed by atoms with E-state index in [9.17, 15) is 34.5 Å². The van der Waals surface area contributed by atoms with Crippen molar-refractivity contribution in [3.05, 3.63) is 23.5 Å². The molecule has 10 heteroatoms. The van der Waals surface area contributed by atoms with Crippen LogP contribution < -0.4 is 29.6 Å². The molecule has 0 aromatic heterocycles. The molecule has 4 aliphatic carbocycles. The molecule has 3 saturated carbocycles. The number of fused-ring (bicyclic) bond motifs is 5. The third-order valence-electron chi connectivity index (χ3n) is 13.0. The summed E-state index contributed by atoms with van der Waals surface area (Å²) in [6, 6.07) is 0. The van der Waals surface area contributed by atoms with Crippen LogP contribution in [-0.2, 0) is 28.7 Å². The normalized spacial score (nSPS) is 31.0. The number of esters is 2. The molecule has 0 radical (unpaired) electrons. The fourth-order valence-electron chi connectivity index (χ4n) is 10.1. The topological polar surface area (TPSA) is 147 Å². The number of hydrogen-bond donors (Lipinski definition) is 3. The molecule has 0 spiro atoms. The molecule has 51 heavy (non-hydrogen) atoms. The van der Waals surface area contributed by atoms with Crippen LogP contribution >= 0.6 is 0 Å². The Morgan fingerprint density at radius 3 is 2.00 bits per heavy atom. The molecule has 0 amide bonds. The van der Waals surface area contributed by atoms with E-state index in [1.165, 1.54) is 83.1 Å². The Morgan fingerprint density at radius 2 is 1.43 bits per heavy atom. The van der Waals surface area contributed by atoms with E-state index < -0.39 is 59.4 Å². The van der Waals surface area contributed by atoms with E-state index >= 15 is 0 Å². The smallest absolute Gasteiger partial charge is 1.00 e. The number of carbonyl (C=O) groups is 4. The van der Waals surface area contributed by atoms with Gasteiger partial charge in [0.2, 0.25) is 5.78 Å². The minimum atomic E-state index is -1.75. The van der Waals surface area contributed by atoms with Crippen LogP contribution in [0, 0.1) is 28.6 Å². The molecule has 0 aromatic rings. The van der Waals surface area contributed by atoms with Crippen LogP contribution in [0.5, 0.6) is 0 Å². The molecule has 0 unspecified atom stereocenters. The standard InChI is InChI=1S/C41H64O9.Na.H/c1-4-5-6-7-8-9-10-11-12-13-14-15-16-17-18-19-36(46)49-28-34(45)41(48)23-22-32-31-21-20-29-24-30(43)25-35(50-37(47)27-42)40(29,3)38(31)33(44)26-39(32,41)2;;/h24-25,31-33,38,42,44,48H,4-23,26-28H2,1-3H3;;/q;+1;-1/t31-,32-,33-,38+,39-,40+,41-;;/m0../s1. The number of aliphatic hydroxyl groups excluding tert-OH is 2. The molecule has 4 rings (SSSR count). The molecular formula is C41H65NaO9. The Hall–Kier alpha value is -1.36. The number of carbonyl (C=O) groups excluding carboxylic acids is 4. The molecule has 4 aliphatic rings. The number of Topliss-reactive ketones (excluding diaryl/α,β-unsaturated/α-hetero) is 1. The first-order valence-electron chi connectivity index (χ1n) is 19.8. The van der Waals surface area contributed by atoms with Crippen molar-refractivity contribution in [2.75, 3.05) is 13.2 Å². The van der Waals surface area contributed by atoms with Crippen molar-refractivity contribution in [2.45, 2.75) is 167 Å². The zero-order valence-electron chi connectivity index (χ0n) is 33.0. The van der Waals surface area contributed by atoms with Gasteiger partial charge in [-0.15, -0.1) is 0 Å². The first kappa shape index (κ1) is 44.0. The predicted molar refractivity (Wildman–Crippen MR) is 192 cm³/mol. The van der Waals surface area contributed by atoms with Crippen LogP contribution in [-0.4, -0.2) is 63.7 Å². The van der Waals surface area contributed by atoms with Gasteiger partial charge in [0.15, 0.2) is 12.4 Å². The van der Waals surface area contributed by atoms with Crippen LogP contribution in [0.25, 0.3) is 0 Å². The molecule has 0 bridgehead atoms. The van der Waals surface area contributed by atoms with Crippen LogP contribution in [0.1, 0.15) is 157 Å². The van der Waals surface area contributed by atoms with Crippen LogP contribution in [0.3, 0.4) is 0 Å². The minimum absolute atomic E-state index is 0. The van der Waals surface area contributed by atoms with E-state index in [0.29, 0.717) is 19.3 Å². The molecule has 9 nitrogen and oxygen atoms in total. The molecular weight excluding hydrogens is 659 g/mol. The van der Waals surface area contributed by atoms with Gasteiger partial charge in [-0.3, -0.25) is 14.4 Å². The van der Waals surface area contributed by atoms with Gasteiger partial charge in [-0.25, -0.2) is 4.79 Å². The van der Waals surface area contributed by atoms with Gasteiger partial charge in [0, 0.05) is 23.8 Å². The number of aliphatic hydroxyl groups is 3. The van der Waals surface area contributed by atoms with Crippen molar-refractivity contribution in [2.24, 2.45) is 28.6 Å². The Labute approximate surface area is 329 Å². The molecule has 3 fully saturated rings. The average molecular weight is 725 g/mol. The Bertz CT molecular complexity index is 1270. The van der Waals surface area contributed by atoms with Gasteiger partial charge in [-0.2, -0.15) is 0 Å². The van der Waals surface area contributed by atoms with Crippen molar-refractivity contribution < 1.29 is 75.0 Å². The summed E-state index contributed by atoms with van der Waals surface area (Å²) in [5.41, 5.74) is -2.87. The fraction of sp³-hybridized carbons (Fsp3) is 0.805. The third kappa shape index (κ3) is 10.2. The van der Waals surface area contributed by atoms with Gasteiger partial charge in [0.25, 0.3) is 0 Å². The van der Waals surface area contributed by atoms with Crippen molar-refractivity contribution in [1.82, 2.24) is 0 Å². The first-order valence-corrected chi connectivity index (χ1v) is 19.8. The molecule has 0 heterocycles. The third-order valence-corrected chi connectivity index (χ3v) is 13.0. The number of allylic oxidation sites excluding steroid dienone is 3. The molecule has 0 aromatic carbocycles. The largest absolute Gasteiger partial charge is 1.00 e. The maximum Gasteiger partial charge on any atom is 1.00 e. The number of unbranched alkanes of at least 4 members (excludes halogenated alkanes) is 14. The maximum absolute atomic E-state index is 13.6. The van der Waals surface area contributed by atoms with Crippen molar-refractivity contribution in [3.63, 3.8) is 0 Å². The SMILES string of the molecule is CCCCCCCCCCCCCCCCCC(=O)OCC(=O)[C@@]1(O)CC[C@H]2[C@@H]3CCC4=CC(=O)C=C(OC(=O)CO)[C@]4(C)[C@H]3[C@@H](O)C[C@@]21C.[H-].[Na+]. The van der Waals surface area contributed by atoms with Gasteiger partial charge in [0.05, 0.1) is 11.5 Å². The Morgan fingerprint density at radius 1 is 0.863 bits per heavy atom. The first-order chi connectivity index (χ1) is 23.9. The summed E-state index contributed by atoms with van der Waals surface area (Å²) in [6.45, 7) is 4.66. The zero-order chi connectivity index (χ0) is 36.4. The molecule has 3 N–H and O–H groups in total. The second-order valence-electron chi connectivity index (χ2n) is 16.1. The summed E-state index contributed by atoms with van der Waals surface area (Å²) in [5.74, 6) is -2.67. The number of ketones is 2. The monoisotopic (exact) mass is 724 g/mol. The van der Waals surface area contributed by atoms with Crippen LogP contribution in [0.2, 0.25) is 0 Å². The van der Waals surface area contributed by atoms with E-state index in [4.69, 9.17) is 9.47 Å². The van der Waals surface area contributed by atoms with Gasteiger partial charge >= 0.3 is 41.5 Å².